The number of esters is 2. The molecular weight excluding hydrogens is 440 g/mol. The third kappa shape index (κ3) is 4.79. The number of carbonyl (C=O) groups excluding carboxylic acids is 3. The molecule has 0 fully saturated rings. The van der Waals surface area contributed by atoms with Gasteiger partial charge in [0.15, 0.2) is 18.2 Å². The standard InChI is InChI=1S/C20H18ClF2NO5S/c1-28-20(27)17-10-5-3-2-4-6-15(10)30-18(17)24-16(25)9-29-19(26)11-7-13(22)14(23)8-12(11)21/h7-8H,2-6,9H2,1H3,(H,24,25). The molecule has 2 aromatic rings. The smallest absolute Gasteiger partial charge is 0.341 e. The molecule has 0 bridgehead atoms. The van der Waals surface area contributed by atoms with Gasteiger partial charge in [-0.25, -0.2) is 18.4 Å². The largest absolute Gasteiger partial charge is 0.465 e. The van der Waals surface area contributed by atoms with E-state index in [0.29, 0.717) is 22.7 Å². The molecule has 6 nitrogen and oxygen atoms in total. The number of nitrogens with one attached hydrogen (secondary N) is 1. The van der Waals surface area contributed by atoms with Crippen molar-refractivity contribution in [1.29, 1.82) is 0 Å². The molecule has 160 valence electrons. The Labute approximate surface area is 180 Å². The number of thiophene rings is 1. The van der Waals surface area contributed by atoms with Gasteiger partial charge in [0, 0.05) is 4.88 Å². The fourth-order valence-electron chi connectivity index (χ4n) is 3.20. The highest BCUT2D eigenvalue weighted by Crippen LogP contribution is 2.38. The Morgan fingerprint density at radius 1 is 1.10 bits per heavy atom. The molecule has 1 aliphatic carbocycles. The Hall–Kier alpha value is -2.52. The van der Waals surface area contributed by atoms with Crippen LogP contribution in [0, 0.1) is 11.6 Å². The minimum Gasteiger partial charge on any atom is -0.465 e. The number of benzene rings is 1. The van der Waals surface area contributed by atoms with Gasteiger partial charge in [0.25, 0.3) is 5.91 Å². The number of hydrogen-bond donors (Lipinski definition) is 1. The first-order chi connectivity index (χ1) is 14.3. The summed E-state index contributed by atoms with van der Waals surface area (Å²) in [6.45, 7) is -0.697. The first-order valence-electron chi connectivity index (χ1n) is 9.16. The van der Waals surface area contributed by atoms with Crippen LogP contribution in [0.4, 0.5) is 13.8 Å². The molecule has 0 aliphatic heterocycles. The van der Waals surface area contributed by atoms with Crippen LogP contribution in [0.3, 0.4) is 0 Å². The number of carbonyl (C=O) groups is 3. The lowest BCUT2D eigenvalue weighted by Crippen LogP contribution is -2.22. The minimum atomic E-state index is -1.27. The monoisotopic (exact) mass is 457 g/mol. The van der Waals surface area contributed by atoms with Crippen molar-refractivity contribution in [1.82, 2.24) is 0 Å². The lowest BCUT2D eigenvalue weighted by molar-refractivity contribution is -0.119. The lowest BCUT2D eigenvalue weighted by Gasteiger charge is -2.09. The van der Waals surface area contributed by atoms with Gasteiger partial charge in [0.2, 0.25) is 0 Å². The highest BCUT2D eigenvalue weighted by atomic mass is 35.5. The zero-order valence-electron chi connectivity index (χ0n) is 16.0. The van der Waals surface area contributed by atoms with E-state index in [1.807, 2.05) is 0 Å². The number of ether oxygens (including phenoxy) is 2. The van der Waals surface area contributed by atoms with Crippen LogP contribution < -0.4 is 5.32 Å². The first-order valence-corrected chi connectivity index (χ1v) is 10.4. The van der Waals surface area contributed by atoms with E-state index in [1.165, 1.54) is 18.4 Å². The Balaban J connectivity index is 1.71. The molecule has 1 aliphatic rings. The Morgan fingerprint density at radius 3 is 2.53 bits per heavy atom. The van der Waals surface area contributed by atoms with Crippen molar-refractivity contribution in [2.45, 2.75) is 32.1 Å². The average molecular weight is 458 g/mol. The van der Waals surface area contributed by atoms with E-state index in [4.69, 9.17) is 21.1 Å². The normalized spacial score (nSPS) is 13.2. The second-order valence-electron chi connectivity index (χ2n) is 6.63. The molecule has 3 rings (SSSR count). The van der Waals surface area contributed by atoms with Crippen LogP contribution in [0.15, 0.2) is 12.1 Å². The van der Waals surface area contributed by atoms with Gasteiger partial charge < -0.3 is 14.8 Å². The maximum atomic E-state index is 13.3. The molecule has 1 aromatic carbocycles. The van der Waals surface area contributed by atoms with Gasteiger partial charge >= 0.3 is 11.9 Å². The van der Waals surface area contributed by atoms with E-state index in [2.05, 4.69) is 5.32 Å². The second kappa shape index (κ2) is 9.53. The molecular formula is C20H18ClF2NO5S. The van der Waals surface area contributed by atoms with Gasteiger partial charge in [-0.3, -0.25) is 4.79 Å². The van der Waals surface area contributed by atoms with Crippen molar-refractivity contribution in [3.63, 3.8) is 0 Å². The molecule has 0 spiro atoms. The van der Waals surface area contributed by atoms with E-state index in [1.54, 1.807) is 0 Å². The summed E-state index contributed by atoms with van der Waals surface area (Å²) < 4.78 is 36.2. The van der Waals surface area contributed by atoms with Gasteiger partial charge in [-0.15, -0.1) is 11.3 Å². The van der Waals surface area contributed by atoms with Crippen molar-refractivity contribution in [2.24, 2.45) is 0 Å². The molecule has 0 saturated heterocycles. The van der Waals surface area contributed by atoms with E-state index in [0.717, 1.165) is 42.5 Å². The predicted octanol–water partition coefficient (Wildman–Crippen LogP) is 4.53. The molecule has 0 atom stereocenters. The SMILES string of the molecule is COC(=O)c1c(NC(=O)COC(=O)c2cc(F)c(F)cc2Cl)sc2c1CCCCC2. The number of amides is 1. The Bertz CT molecular complexity index is 1010. The number of hydrogen-bond acceptors (Lipinski definition) is 6. The van der Waals surface area contributed by atoms with Gasteiger partial charge in [-0.1, -0.05) is 18.0 Å². The second-order valence-corrected chi connectivity index (χ2v) is 8.14. The molecule has 0 unspecified atom stereocenters. The number of aryl methyl sites for hydroxylation is 1. The van der Waals surface area contributed by atoms with Crippen molar-refractivity contribution in [3.8, 4) is 0 Å². The fraction of sp³-hybridized carbons (Fsp3) is 0.350. The third-order valence-electron chi connectivity index (χ3n) is 4.63. The number of halogens is 3. The summed E-state index contributed by atoms with van der Waals surface area (Å²) in [7, 11) is 1.27. The van der Waals surface area contributed by atoms with Crippen LogP contribution >= 0.6 is 22.9 Å². The van der Waals surface area contributed by atoms with E-state index in [9.17, 15) is 23.2 Å². The third-order valence-corrected chi connectivity index (χ3v) is 6.15. The van der Waals surface area contributed by atoms with Crippen molar-refractivity contribution < 1.29 is 32.6 Å². The summed E-state index contributed by atoms with van der Waals surface area (Å²) in [6.07, 6.45) is 4.52. The van der Waals surface area contributed by atoms with Gasteiger partial charge in [-0.2, -0.15) is 0 Å². The summed E-state index contributed by atoms with van der Waals surface area (Å²) in [6, 6.07) is 1.25. The highest BCUT2D eigenvalue weighted by Gasteiger charge is 2.26. The minimum absolute atomic E-state index is 0.322. The zero-order valence-corrected chi connectivity index (χ0v) is 17.6. The molecule has 0 radical (unpaired) electrons. The number of methoxy groups -OCH3 is 1. The quantitative estimate of drug-likeness (QED) is 0.405. The van der Waals surface area contributed by atoms with Crippen LogP contribution in [-0.2, 0) is 27.1 Å². The lowest BCUT2D eigenvalue weighted by atomic mass is 10.1. The topological polar surface area (TPSA) is 81.7 Å². The molecule has 1 amide bonds. The predicted molar refractivity (Wildman–Crippen MR) is 107 cm³/mol. The molecule has 1 aromatic heterocycles. The zero-order chi connectivity index (χ0) is 21.8. The molecule has 0 saturated carbocycles. The molecule has 1 N–H and O–H groups in total. The average Bonchev–Trinajstić information content (AvgIpc) is 2.88. The molecule has 1 heterocycles. The van der Waals surface area contributed by atoms with Crippen molar-refractivity contribution in [2.75, 3.05) is 19.0 Å². The van der Waals surface area contributed by atoms with Gasteiger partial charge in [0.1, 0.15) is 5.00 Å². The summed E-state index contributed by atoms with van der Waals surface area (Å²) >= 11 is 7.02. The van der Waals surface area contributed by atoms with Crippen LogP contribution in [0.25, 0.3) is 0 Å². The summed E-state index contributed by atoms with van der Waals surface area (Å²) in [5, 5.41) is 2.58. The van der Waals surface area contributed by atoms with Crippen LogP contribution in [0.2, 0.25) is 5.02 Å². The Kier molecular flexibility index (Phi) is 7.04. The first kappa shape index (κ1) is 22.2. The maximum Gasteiger partial charge on any atom is 0.341 e. The van der Waals surface area contributed by atoms with E-state index in [-0.39, 0.29) is 5.02 Å². The van der Waals surface area contributed by atoms with Gasteiger partial charge in [-0.05, 0) is 43.4 Å². The van der Waals surface area contributed by atoms with E-state index >= 15 is 0 Å². The molecule has 30 heavy (non-hydrogen) atoms. The Morgan fingerprint density at radius 2 is 1.80 bits per heavy atom. The number of rotatable bonds is 5. The fourth-order valence-corrected chi connectivity index (χ4v) is 4.72. The summed E-state index contributed by atoms with van der Waals surface area (Å²) in [4.78, 5) is 37.7. The summed E-state index contributed by atoms with van der Waals surface area (Å²) in [5.41, 5.74) is 0.800. The van der Waals surface area contributed by atoms with Crippen molar-refractivity contribution >= 4 is 45.8 Å². The van der Waals surface area contributed by atoms with Gasteiger partial charge in [0.05, 0.1) is 23.3 Å². The molecule has 10 heteroatoms. The number of fused-ring (bicyclic) bond motifs is 1. The summed E-state index contributed by atoms with van der Waals surface area (Å²) in [5.74, 6) is -4.79. The van der Waals surface area contributed by atoms with Crippen LogP contribution in [-0.4, -0.2) is 31.6 Å². The van der Waals surface area contributed by atoms with Crippen LogP contribution in [0.5, 0.6) is 0 Å². The number of anilines is 1. The highest BCUT2D eigenvalue weighted by molar-refractivity contribution is 7.17. The maximum absolute atomic E-state index is 13.3. The van der Waals surface area contributed by atoms with Crippen LogP contribution in [0.1, 0.15) is 50.4 Å². The van der Waals surface area contributed by atoms with E-state index < -0.39 is 41.7 Å². The van der Waals surface area contributed by atoms with Crippen molar-refractivity contribution in [3.05, 3.63) is 50.4 Å².